The molecule has 1 aliphatic rings. The van der Waals surface area contributed by atoms with E-state index < -0.39 is 16.6 Å². The first-order valence-corrected chi connectivity index (χ1v) is 16.5. The van der Waals surface area contributed by atoms with Crippen LogP contribution >= 0.6 is 0 Å². The molecule has 3 atom stereocenters. The Kier molecular flexibility index (Phi) is 8.36. The van der Waals surface area contributed by atoms with Crippen molar-refractivity contribution in [3.8, 4) is 0 Å². The van der Waals surface area contributed by atoms with Gasteiger partial charge in [-0.3, -0.25) is 4.79 Å². The summed E-state index contributed by atoms with van der Waals surface area (Å²) in [6.45, 7) is 24.4. The van der Waals surface area contributed by atoms with Gasteiger partial charge in [0.2, 0.25) is 0 Å². The molecule has 1 rings (SSSR count). The summed E-state index contributed by atoms with van der Waals surface area (Å²) >= 11 is 0. The van der Waals surface area contributed by atoms with Crippen LogP contribution in [0.15, 0.2) is 12.2 Å². The maximum absolute atomic E-state index is 12.2. The number of ether oxygens (including phenoxy) is 1. The fourth-order valence-corrected chi connectivity index (χ4v) is 5.23. The summed E-state index contributed by atoms with van der Waals surface area (Å²) in [6, 6.07) is 0. The first-order valence-electron chi connectivity index (χ1n) is 10.7. The highest BCUT2D eigenvalue weighted by Crippen LogP contribution is 2.39. The van der Waals surface area contributed by atoms with Crippen LogP contribution in [0.25, 0.3) is 0 Å². The van der Waals surface area contributed by atoms with E-state index in [9.17, 15) is 4.79 Å². The van der Waals surface area contributed by atoms with Crippen molar-refractivity contribution in [1.29, 1.82) is 0 Å². The Morgan fingerprint density at radius 3 is 1.79 bits per heavy atom. The molecule has 0 unspecified atom stereocenters. The lowest BCUT2D eigenvalue weighted by atomic mass is 10.1. The number of hydrogen-bond donors (Lipinski definition) is 0. The third kappa shape index (κ3) is 7.43. The van der Waals surface area contributed by atoms with E-state index >= 15 is 0 Å². The Morgan fingerprint density at radius 1 is 0.893 bits per heavy atom. The number of cyclic esters (lactones) is 1. The average Bonchev–Trinajstić information content (AvgIpc) is 2.46. The quantitative estimate of drug-likeness (QED) is 0.294. The molecule has 4 nitrogen and oxygen atoms in total. The molecule has 0 amide bonds. The normalized spacial score (nSPS) is 27.2. The Labute approximate surface area is 175 Å². The summed E-state index contributed by atoms with van der Waals surface area (Å²) in [5.74, 6) is -0.141. The zero-order valence-corrected chi connectivity index (χ0v) is 22.1. The molecule has 164 valence electrons. The van der Waals surface area contributed by atoms with E-state index in [1.54, 1.807) is 0 Å². The molecule has 0 radical (unpaired) electrons. The fraction of sp³-hybridized carbons (Fsp3) is 0.864. The van der Waals surface area contributed by atoms with E-state index in [-0.39, 0.29) is 34.4 Å². The van der Waals surface area contributed by atoms with Gasteiger partial charge in [-0.2, -0.15) is 0 Å². The molecule has 0 saturated heterocycles. The molecular formula is C22H44O4Si2. The first-order chi connectivity index (χ1) is 12.4. The largest absolute Gasteiger partial charge is 0.463 e. The van der Waals surface area contributed by atoms with Crippen LogP contribution < -0.4 is 0 Å². The summed E-state index contributed by atoms with van der Waals surface area (Å²) in [6.07, 6.45) is 5.74. The van der Waals surface area contributed by atoms with Crippen molar-refractivity contribution in [2.24, 2.45) is 0 Å². The maximum atomic E-state index is 12.2. The van der Waals surface area contributed by atoms with Gasteiger partial charge in [0.1, 0.15) is 6.10 Å². The van der Waals surface area contributed by atoms with E-state index in [0.717, 1.165) is 0 Å². The Bertz CT molecular complexity index is 556. The SMILES string of the molecule is C[C@@H]1C[C@H](O[Si](C)(C)C(C)(C)C)/C=C/[C@@H](O[Si](C)(C)C(C)(C)C)CCC(=O)O1. The highest BCUT2D eigenvalue weighted by atomic mass is 28.4. The topological polar surface area (TPSA) is 44.8 Å². The third-order valence-electron chi connectivity index (χ3n) is 6.57. The summed E-state index contributed by atoms with van der Waals surface area (Å²) < 4.78 is 18.9. The van der Waals surface area contributed by atoms with Gasteiger partial charge in [-0.25, -0.2) is 0 Å². The van der Waals surface area contributed by atoms with E-state index in [0.29, 0.717) is 19.3 Å². The van der Waals surface area contributed by atoms with Gasteiger partial charge in [0.25, 0.3) is 0 Å². The smallest absolute Gasteiger partial charge is 0.306 e. The van der Waals surface area contributed by atoms with E-state index in [2.05, 4.69) is 79.9 Å². The zero-order valence-electron chi connectivity index (χ0n) is 20.1. The van der Waals surface area contributed by atoms with Crippen LogP contribution in [-0.4, -0.2) is 40.9 Å². The predicted molar refractivity (Wildman–Crippen MR) is 123 cm³/mol. The van der Waals surface area contributed by atoms with Crippen molar-refractivity contribution in [2.75, 3.05) is 0 Å². The minimum Gasteiger partial charge on any atom is -0.463 e. The molecule has 28 heavy (non-hydrogen) atoms. The van der Waals surface area contributed by atoms with Crippen molar-refractivity contribution >= 4 is 22.6 Å². The van der Waals surface area contributed by atoms with Crippen LogP contribution in [-0.2, 0) is 18.4 Å². The fourth-order valence-electron chi connectivity index (χ4n) is 2.64. The van der Waals surface area contributed by atoms with Gasteiger partial charge in [0.05, 0.1) is 12.2 Å². The number of carbonyl (C=O) groups excluding carboxylic acids is 1. The second kappa shape index (κ2) is 9.15. The van der Waals surface area contributed by atoms with Crippen molar-refractivity contribution in [2.45, 2.75) is 122 Å². The van der Waals surface area contributed by atoms with Crippen LogP contribution in [0.1, 0.15) is 67.7 Å². The van der Waals surface area contributed by atoms with Gasteiger partial charge < -0.3 is 13.6 Å². The lowest BCUT2D eigenvalue weighted by molar-refractivity contribution is -0.149. The van der Waals surface area contributed by atoms with Crippen LogP contribution in [0.5, 0.6) is 0 Å². The molecule has 0 spiro atoms. The summed E-state index contributed by atoms with van der Waals surface area (Å²) in [7, 11) is -3.86. The Morgan fingerprint density at radius 2 is 1.32 bits per heavy atom. The maximum Gasteiger partial charge on any atom is 0.306 e. The lowest BCUT2D eigenvalue weighted by Gasteiger charge is -2.40. The molecule has 1 aliphatic heterocycles. The second-order valence-corrected chi connectivity index (χ2v) is 20.8. The number of rotatable bonds is 4. The third-order valence-corrected chi connectivity index (χ3v) is 15.6. The molecular weight excluding hydrogens is 384 g/mol. The summed E-state index contributed by atoms with van der Waals surface area (Å²) in [5, 5.41) is 0.259. The van der Waals surface area contributed by atoms with Crippen molar-refractivity contribution in [3.05, 3.63) is 12.2 Å². The Hall–Kier alpha value is -0.436. The van der Waals surface area contributed by atoms with Crippen LogP contribution in [0.3, 0.4) is 0 Å². The van der Waals surface area contributed by atoms with Crippen LogP contribution in [0.4, 0.5) is 0 Å². The van der Waals surface area contributed by atoms with Gasteiger partial charge in [-0.15, -0.1) is 0 Å². The standard InChI is InChI=1S/C22H44O4Si2/c1-17-16-19(26-28(10,11)22(5,6)7)13-12-18(14-15-20(23)24-17)25-27(8,9)21(2,3)4/h12-13,17-19H,14-16H2,1-11H3/b13-12+/t17-,18-,19-/m1/s1. The van der Waals surface area contributed by atoms with E-state index in [1.807, 2.05) is 6.92 Å². The number of esters is 1. The van der Waals surface area contributed by atoms with Gasteiger partial charge >= 0.3 is 5.97 Å². The molecule has 0 fully saturated rings. The minimum atomic E-state index is -1.93. The highest BCUT2D eigenvalue weighted by molar-refractivity contribution is 6.74. The minimum absolute atomic E-state index is 0.0627. The molecule has 0 aromatic heterocycles. The van der Waals surface area contributed by atoms with Crippen molar-refractivity contribution in [1.82, 2.24) is 0 Å². The van der Waals surface area contributed by atoms with Gasteiger partial charge in [-0.05, 0) is 49.6 Å². The average molecular weight is 429 g/mol. The van der Waals surface area contributed by atoms with Crippen LogP contribution in [0.2, 0.25) is 36.3 Å². The number of carbonyl (C=O) groups is 1. The first kappa shape index (κ1) is 25.6. The Balaban J connectivity index is 3.09. The van der Waals surface area contributed by atoms with Gasteiger partial charge in [-0.1, -0.05) is 53.7 Å². The monoisotopic (exact) mass is 428 g/mol. The summed E-state index contributed by atoms with van der Waals surface area (Å²) in [4.78, 5) is 12.2. The molecule has 0 aromatic carbocycles. The van der Waals surface area contributed by atoms with E-state index in [4.69, 9.17) is 13.6 Å². The van der Waals surface area contributed by atoms with Gasteiger partial charge in [0.15, 0.2) is 16.6 Å². The zero-order chi connectivity index (χ0) is 22.0. The number of hydrogen-bond acceptors (Lipinski definition) is 4. The lowest BCUT2D eigenvalue weighted by Crippen LogP contribution is -2.45. The molecule has 6 heteroatoms. The summed E-state index contributed by atoms with van der Waals surface area (Å²) in [5.41, 5.74) is 0. The highest BCUT2D eigenvalue weighted by Gasteiger charge is 2.40. The van der Waals surface area contributed by atoms with Crippen LogP contribution in [0, 0.1) is 0 Å². The molecule has 0 bridgehead atoms. The molecule has 0 N–H and O–H groups in total. The second-order valence-electron chi connectivity index (χ2n) is 11.3. The molecule has 0 aliphatic carbocycles. The molecule has 0 aromatic rings. The van der Waals surface area contributed by atoms with Gasteiger partial charge in [0, 0.05) is 12.8 Å². The molecule has 0 saturated carbocycles. The van der Waals surface area contributed by atoms with Crippen molar-refractivity contribution in [3.63, 3.8) is 0 Å². The molecule has 1 heterocycles. The van der Waals surface area contributed by atoms with E-state index in [1.165, 1.54) is 0 Å². The van der Waals surface area contributed by atoms with Crippen molar-refractivity contribution < 1.29 is 18.4 Å². The predicted octanol–water partition coefficient (Wildman–Crippen LogP) is 6.44.